The molecule has 0 amide bonds. The number of rotatable bonds is 4. The Kier molecular flexibility index (Phi) is 3.97. The van der Waals surface area contributed by atoms with E-state index in [4.69, 9.17) is 0 Å². The summed E-state index contributed by atoms with van der Waals surface area (Å²) in [6, 6.07) is 10.7. The van der Waals surface area contributed by atoms with E-state index in [0.717, 1.165) is 6.54 Å². The van der Waals surface area contributed by atoms with Crippen molar-refractivity contribution in [3.05, 3.63) is 35.9 Å². The summed E-state index contributed by atoms with van der Waals surface area (Å²) in [4.78, 5) is 2.24. The molecule has 0 saturated heterocycles. The van der Waals surface area contributed by atoms with E-state index in [0.29, 0.717) is 5.92 Å². The standard InChI is InChI=1S/C12H19N/c1-11(9-10-13(2)3)12-7-5-4-6-8-12/h4-8,11H,9-10H2,1-3H3/t11-/m1/s1. The average Bonchev–Trinajstić information content (AvgIpc) is 2.15. The topological polar surface area (TPSA) is 3.24 Å². The van der Waals surface area contributed by atoms with E-state index in [1.54, 1.807) is 0 Å². The Morgan fingerprint density at radius 1 is 1.15 bits per heavy atom. The molecule has 0 saturated carbocycles. The number of hydrogen-bond donors (Lipinski definition) is 0. The highest BCUT2D eigenvalue weighted by atomic mass is 15.0. The van der Waals surface area contributed by atoms with Gasteiger partial charge in [0.25, 0.3) is 0 Å². The molecule has 0 aliphatic rings. The van der Waals surface area contributed by atoms with Crippen molar-refractivity contribution >= 4 is 0 Å². The monoisotopic (exact) mass is 177 g/mol. The van der Waals surface area contributed by atoms with Gasteiger partial charge in [-0.1, -0.05) is 37.3 Å². The van der Waals surface area contributed by atoms with E-state index >= 15 is 0 Å². The quantitative estimate of drug-likeness (QED) is 0.683. The second kappa shape index (κ2) is 5.03. The Morgan fingerprint density at radius 2 is 1.77 bits per heavy atom. The molecule has 0 fully saturated rings. The highest BCUT2D eigenvalue weighted by Crippen LogP contribution is 2.17. The lowest BCUT2D eigenvalue weighted by molar-refractivity contribution is 0.386. The first kappa shape index (κ1) is 10.3. The second-order valence-electron chi connectivity index (χ2n) is 3.90. The van der Waals surface area contributed by atoms with Crippen molar-refractivity contribution in [2.75, 3.05) is 20.6 Å². The molecule has 0 unspecified atom stereocenters. The van der Waals surface area contributed by atoms with Gasteiger partial charge in [-0.25, -0.2) is 0 Å². The van der Waals surface area contributed by atoms with Crippen LogP contribution in [0.3, 0.4) is 0 Å². The molecule has 0 aliphatic heterocycles. The van der Waals surface area contributed by atoms with E-state index in [9.17, 15) is 0 Å². The molecule has 1 aromatic rings. The van der Waals surface area contributed by atoms with Crippen LogP contribution >= 0.6 is 0 Å². The maximum absolute atomic E-state index is 2.29. The van der Waals surface area contributed by atoms with Crippen LogP contribution in [0.4, 0.5) is 0 Å². The fourth-order valence-electron chi connectivity index (χ4n) is 1.40. The summed E-state index contributed by atoms with van der Waals surface area (Å²) in [5.41, 5.74) is 1.45. The molecule has 0 aromatic heterocycles. The molecule has 13 heavy (non-hydrogen) atoms. The van der Waals surface area contributed by atoms with Gasteiger partial charge in [-0.3, -0.25) is 0 Å². The zero-order valence-corrected chi connectivity index (χ0v) is 8.83. The molecular formula is C12H19N. The molecule has 1 aromatic carbocycles. The molecular weight excluding hydrogens is 158 g/mol. The molecule has 0 spiro atoms. The third kappa shape index (κ3) is 3.60. The summed E-state index contributed by atoms with van der Waals surface area (Å²) in [6.45, 7) is 3.45. The van der Waals surface area contributed by atoms with E-state index in [1.165, 1.54) is 12.0 Å². The van der Waals surface area contributed by atoms with Crippen LogP contribution in [-0.4, -0.2) is 25.5 Å². The maximum atomic E-state index is 2.29. The SMILES string of the molecule is C[C@H](CCN(C)C)c1ccccc1. The lowest BCUT2D eigenvalue weighted by atomic mass is 9.98. The molecule has 0 heterocycles. The third-order valence-corrected chi connectivity index (χ3v) is 2.38. The van der Waals surface area contributed by atoms with Gasteiger partial charge < -0.3 is 4.90 Å². The Labute approximate surface area is 81.4 Å². The first-order chi connectivity index (χ1) is 6.20. The first-order valence-electron chi connectivity index (χ1n) is 4.90. The molecule has 1 rings (SSSR count). The average molecular weight is 177 g/mol. The van der Waals surface area contributed by atoms with Gasteiger partial charge in [0.05, 0.1) is 0 Å². The van der Waals surface area contributed by atoms with Crippen LogP contribution in [0.25, 0.3) is 0 Å². The van der Waals surface area contributed by atoms with Gasteiger partial charge >= 0.3 is 0 Å². The van der Waals surface area contributed by atoms with E-state index < -0.39 is 0 Å². The zero-order valence-electron chi connectivity index (χ0n) is 8.83. The first-order valence-corrected chi connectivity index (χ1v) is 4.90. The van der Waals surface area contributed by atoms with Crippen molar-refractivity contribution in [1.29, 1.82) is 0 Å². The largest absolute Gasteiger partial charge is 0.309 e. The number of hydrogen-bond acceptors (Lipinski definition) is 1. The predicted molar refractivity (Wildman–Crippen MR) is 58.0 cm³/mol. The zero-order chi connectivity index (χ0) is 9.68. The van der Waals surface area contributed by atoms with Gasteiger partial charge in [-0.15, -0.1) is 0 Å². The molecule has 0 radical (unpaired) electrons. The normalized spacial score (nSPS) is 13.2. The lowest BCUT2D eigenvalue weighted by Crippen LogP contribution is -2.14. The minimum atomic E-state index is 0.670. The summed E-state index contributed by atoms with van der Waals surface area (Å²) in [6.07, 6.45) is 1.23. The smallest absolute Gasteiger partial charge is 0.00191 e. The van der Waals surface area contributed by atoms with Gasteiger partial charge in [-0.2, -0.15) is 0 Å². The van der Waals surface area contributed by atoms with Crippen LogP contribution in [0.15, 0.2) is 30.3 Å². The van der Waals surface area contributed by atoms with Gasteiger partial charge in [0.2, 0.25) is 0 Å². The van der Waals surface area contributed by atoms with Crippen LogP contribution < -0.4 is 0 Å². The Bertz CT molecular complexity index is 228. The van der Waals surface area contributed by atoms with E-state index in [-0.39, 0.29) is 0 Å². The van der Waals surface area contributed by atoms with E-state index in [2.05, 4.69) is 56.3 Å². The van der Waals surface area contributed by atoms with Crippen LogP contribution in [0.1, 0.15) is 24.8 Å². The highest BCUT2D eigenvalue weighted by molar-refractivity contribution is 5.18. The minimum absolute atomic E-state index is 0.670. The highest BCUT2D eigenvalue weighted by Gasteiger charge is 2.04. The van der Waals surface area contributed by atoms with Crippen LogP contribution in [0.2, 0.25) is 0 Å². The minimum Gasteiger partial charge on any atom is -0.309 e. The van der Waals surface area contributed by atoms with E-state index in [1.807, 2.05) is 0 Å². The van der Waals surface area contributed by atoms with Gasteiger partial charge in [-0.05, 0) is 38.5 Å². The predicted octanol–water partition coefficient (Wildman–Crippen LogP) is 2.74. The Morgan fingerprint density at radius 3 is 2.31 bits per heavy atom. The van der Waals surface area contributed by atoms with Crippen LogP contribution in [-0.2, 0) is 0 Å². The van der Waals surface area contributed by atoms with Crippen molar-refractivity contribution in [1.82, 2.24) is 4.90 Å². The molecule has 1 nitrogen and oxygen atoms in total. The summed E-state index contributed by atoms with van der Waals surface area (Å²) >= 11 is 0. The molecule has 1 atom stereocenters. The number of nitrogens with zero attached hydrogens (tertiary/aromatic N) is 1. The fraction of sp³-hybridized carbons (Fsp3) is 0.500. The summed E-state index contributed by atoms with van der Waals surface area (Å²) < 4.78 is 0. The second-order valence-corrected chi connectivity index (χ2v) is 3.90. The molecule has 0 bridgehead atoms. The van der Waals surface area contributed by atoms with Gasteiger partial charge in [0, 0.05) is 0 Å². The van der Waals surface area contributed by atoms with Gasteiger partial charge in [0.15, 0.2) is 0 Å². The summed E-state index contributed by atoms with van der Waals surface area (Å²) in [7, 11) is 4.25. The van der Waals surface area contributed by atoms with Crippen molar-refractivity contribution in [2.45, 2.75) is 19.3 Å². The number of benzene rings is 1. The molecule has 0 aliphatic carbocycles. The summed E-state index contributed by atoms with van der Waals surface area (Å²) in [5.74, 6) is 0.670. The maximum Gasteiger partial charge on any atom is -0.00191 e. The van der Waals surface area contributed by atoms with Gasteiger partial charge in [0.1, 0.15) is 0 Å². The lowest BCUT2D eigenvalue weighted by Gasteiger charge is -2.15. The van der Waals surface area contributed by atoms with Crippen molar-refractivity contribution < 1.29 is 0 Å². The summed E-state index contributed by atoms with van der Waals surface area (Å²) in [5, 5.41) is 0. The fourth-order valence-corrected chi connectivity index (χ4v) is 1.40. The van der Waals surface area contributed by atoms with Crippen molar-refractivity contribution in [3.8, 4) is 0 Å². The van der Waals surface area contributed by atoms with Crippen molar-refractivity contribution in [3.63, 3.8) is 0 Å². The molecule has 1 heteroatoms. The molecule has 72 valence electrons. The Hall–Kier alpha value is -0.820. The Balaban J connectivity index is 2.44. The van der Waals surface area contributed by atoms with Crippen LogP contribution in [0, 0.1) is 0 Å². The third-order valence-electron chi connectivity index (χ3n) is 2.38. The van der Waals surface area contributed by atoms with Crippen LogP contribution in [0.5, 0.6) is 0 Å². The molecule has 0 N–H and O–H groups in total. The van der Waals surface area contributed by atoms with Crippen molar-refractivity contribution in [2.24, 2.45) is 0 Å².